The van der Waals surface area contributed by atoms with Crippen molar-refractivity contribution < 1.29 is 10.2 Å². The van der Waals surface area contributed by atoms with Gasteiger partial charge in [0.1, 0.15) is 0 Å². The topological polar surface area (TPSA) is 66.5 Å². The van der Waals surface area contributed by atoms with Crippen molar-refractivity contribution in [1.29, 1.82) is 0 Å². The van der Waals surface area contributed by atoms with Crippen molar-refractivity contribution in [2.75, 3.05) is 6.61 Å². The fourth-order valence-electron chi connectivity index (χ4n) is 2.24. The van der Waals surface area contributed by atoms with E-state index < -0.39 is 12.1 Å². The van der Waals surface area contributed by atoms with Crippen LogP contribution in [-0.4, -0.2) is 29.0 Å². The second kappa shape index (κ2) is 15.0. The van der Waals surface area contributed by atoms with Crippen LogP contribution in [0.25, 0.3) is 0 Å². The van der Waals surface area contributed by atoms with Crippen LogP contribution in [0.5, 0.6) is 0 Å². The van der Waals surface area contributed by atoms with Crippen molar-refractivity contribution in [2.45, 2.75) is 89.7 Å². The molecule has 0 rings (SSSR count). The highest BCUT2D eigenvalue weighted by Crippen LogP contribution is 2.11. The van der Waals surface area contributed by atoms with Gasteiger partial charge in [-0.05, 0) is 12.8 Å². The molecule has 0 heterocycles. The second-order valence-electron chi connectivity index (χ2n) is 5.74. The zero-order valence-electron chi connectivity index (χ0n) is 13.3. The van der Waals surface area contributed by atoms with Gasteiger partial charge in [-0.2, -0.15) is 0 Å². The Morgan fingerprint density at radius 1 is 0.900 bits per heavy atom. The summed E-state index contributed by atoms with van der Waals surface area (Å²) in [7, 11) is 0. The van der Waals surface area contributed by atoms with E-state index in [1.54, 1.807) is 6.08 Å². The first kappa shape index (κ1) is 19.6. The van der Waals surface area contributed by atoms with Gasteiger partial charge in [-0.25, -0.2) is 0 Å². The van der Waals surface area contributed by atoms with Gasteiger partial charge in [0, 0.05) is 0 Å². The van der Waals surface area contributed by atoms with Crippen LogP contribution in [0, 0.1) is 0 Å². The Morgan fingerprint density at radius 2 is 1.40 bits per heavy atom. The number of aliphatic hydroxyl groups excluding tert-OH is 2. The van der Waals surface area contributed by atoms with Crippen molar-refractivity contribution in [3.63, 3.8) is 0 Å². The lowest BCUT2D eigenvalue weighted by Crippen LogP contribution is -2.36. The molecule has 0 aliphatic carbocycles. The summed E-state index contributed by atoms with van der Waals surface area (Å²) in [5.74, 6) is 0. The molecule has 0 unspecified atom stereocenters. The molecule has 0 fully saturated rings. The van der Waals surface area contributed by atoms with Crippen LogP contribution in [0.3, 0.4) is 0 Å². The molecule has 0 amide bonds. The fourth-order valence-corrected chi connectivity index (χ4v) is 2.24. The van der Waals surface area contributed by atoms with Crippen molar-refractivity contribution in [3.8, 4) is 0 Å². The predicted octanol–water partition coefficient (Wildman–Crippen LogP) is 3.53. The summed E-state index contributed by atoms with van der Waals surface area (Å²) in [6.07, 6.45) is 17.4. The summed E-state index contributed by atoms with van der Waals surface area (Å²) in [6.45, 7) is 2.08. The summed E-state index contributed by atoms with van der Waals surface area (Å²) >= 11 is 0. The minimum atomic E-state index is -0.719. The normalized spacial score (nSPS) is 14.8. The number of allylic oxidation sites excluding steroid dienone is 1. The van der Waals surface area contributed by atoms with Gasteiger partial charge in [0.2, 0.25) is 0 Å². The Bertz CT molecular complexity index is 219. The lowest BCUT2D eigenvalue weighted by molar-refractivity contribution is 0.144. The molecule has 0 aliphatic heterocycles. The third-order valence-corrected chi connectivity index (χ3v) is 3.71. The third kappa shape index (κ3) is 12.6. The number of rotatable bonds is 14. The predicted molar refractivity (Wildman–Crippen MR) is 86.7 cm³/mol. The Hall–Kier alpha value is -0.380. The van der Waals surface area contributed by atoms with Gasteiger partial charge >= 0.3 is 0 Å². The molecular formula is C17H35NO2. The van der Waals surface area contributed by atoms with Gasteiger partial charge in [0.25, 0.3) is 0 Å². The molecule has 3 nitrogen and oxygen atoms in total. The fraction of sp³-hybridized carbons (Fsp3) is 0.882. The number of hydrogen-bond donors (Lipinski definition) is 3. The van der Waals surface area contributed by atoms with Crippen LogP contribution in [0.15, 0.2) is 12.2 Å². The Labute approximate surface area is 125 Å². The number of hydrogen-bond acceptors (Lipinski definition) is 3. The lowest BCUT2D eigenvalue weighted by atomic mass is 10.1. The van der Waals surface area contributed by atoms with E-state index in [2.05, 4.69) is 6.92 Å². The van der Waals surface area contributed by atoms with E-state index in [1.165, 1.54) is 64.2 Å². The van der Waals surface area contributed by atoms with Crippen LogP contribution in [0.4, 0.5) is 0 Å². The van der Waals surface area contributed by atoms with Crippen molar-refractivity contribution >= 4 is 0 Å². The van der Waals surface area contributed by atoms with Crippen molar-refractivity contribution in [2.24, 2.45) is 5.73 Å². The summed E-state index contributed by atoms with van der Waals surface area (Å²) in [5.41, 5.74) is 5.50. The van der Waals surface area contributed by atoms with Crippen molar-refractivity contribution in [3.05, 3.63) is 12.2 Å². The molecule has 0 aromatic rings. The van der Waals surface area contributed by atoms with E-state index in [0.717, 1.165) is 6.42 Å². The Kier molecular flexibility index (Phi) is 14.7. The lowest BCUT2D eigenvalue weighted by Gasteiger charge is -2.11. The van der Waals surface area contributed by atoms with Gasteiger partial charge in [-0.3, -0.25) is 0 Å². The van der Waals surface area contributed by atoms with E-state index in [4.69, 9.17) is 10.8 Å². The number of aliphatic hydroxyl groups is 2. The van der Waals surface area contributed by atoms with Gasteiger partial charge in [0.15, 0.2) is 0 Å². The van der Waals surface area contributed by atoms with Gasteiger partial charge in [-0.15, -0.1) is 0 Å². The van der Waals surface area contributed by atoms with Gasteiger partial charge in [-0.1, -0.05) is 76.9 Å². The van der Waals surface area contributed by atoms with Gasteiger partial charge in [0.05, 0.1) is 18.8 Å². The summed E-state index contributed by atoms with van der Waals surface area (Å²) in [4.78, 5) is 0. The van der Waals surface area contributed by atoms with E-state index in [-0.39, 0.29) is 6.61 Å². The first-order chi connectivity index (χ1) is 9.72. The summed E-state index contributed by atoms with van der Waals surface area (Å²) < 4.78 is 0. The van der Waals surface area contributed by atoms with Crippen LogP contribution in [-0.2, 0) is 0 Å². The molecular weight excluding hydrogens is 250 g/mol. The molecule has 0 saturated carbocycles. The van der Waals surface area contributed by atoms with E-state index in [0.29, 0.717) is 0 Å². The maximum atomic E-state index is 9.51. The highest BCUT2D eigenvalue weighted by molar-refractivity contribution is 4.93. The van der Waals surface area contributed by atoms with Gasteiger partial charge < -0.3 is 15.9 Å². The number of unbranched alkanes of at least 4 members (excludes halogenated alkanes) is 10. The van der Waals surface area contributed by atoms with E-state index >= 15 is 0 Å². The largest absolute Gasteiger partial charge is 0.395 e. The van der Waals surface area contributed by atoms with Crippen molar-refractivity contribution in [1.82, 2.24) is 0 Å². The maximum Gasteiger partial charge on any atom is 0.0894 e. The summed E-state index contributed by atoms with van der Waals surface area (Å²) in [6, 6.07) is -0.557. The third-order valence-electron chi connectivity index (χ3n) is 3.71. The minimum Gasteiger partial charge on any atom is -0.395 e. The zero-order valence-corrected chi connectivity index (χ0v) is 13.3. The SMILES string of the molecule is CCCCCCCCCCCC/C=C/[C@H](O)[C@H](N)CO. The Morgan fingerprint density at radius 3 is 1.90 bits per heavy atom. The standard InChI is InChI=1S/C17H35NO2/c1-2-3-4-5-6-7-8-9-10-11-12-13-14-17(20)16(18)15-19/h13-14,16-17,19-20H,2-12,15,18H2,1H3/b14-13+/t16-,17+/m1/s1. The first-order valence-corrected chi connectivity index (χ1v) is 8.43. The minimum absolute atomic E-state index is 0.177. The average Bonchev–Trinajstić information content (AvgIpc) is 2.47. The average molecular weight is 285 g/mol. The first-order valence-electron chi connectivity index (χ1n) is 8.43. The molecule has 0 aliphatic rings. The molecule has 0 spiro atoms. The monoisotopic (exact) mass is 285 g/mol. The van der Waals surface area contributed by atoms with E-state index in [1.807, 2.05) is 6.08 Å². The molecule has 4 N–H and O–H groups in total. The molecule has 120 valence electrons. The van der Waals surface area contributed by atoms with Crippen LogP contribution < -0.4 is 5.73 Å². The quantitative estimate of drug-likeness (QED) is 0.338. The molecule has 0 radical (unpaired) electrons. The second-order valence-corrected chi connectivity index (χ2v) is 5.74. The number of nitrogens with two attached hydrogens (primary N) is 1. The summed E-state index contributed by atoms with van der Waals surface area (Å²) in [5, 5.41) is 18.3. The molecule has 3 heteroatoms. The molecule has 20 heavy (non-hydrogen) atoms. The smallest absolute Gasteiger partial charge is 0.0894 e. The zero-order chi connectivity index (χ0) is 15.1. The van der Waals surface area contributed by atoms with E-state index in [9.17, 15) is 5.11 Å². The van der Waals surface area contributed by atoms with Crippen LogP contribution >= 0.6 is 0 Å². The van der Waals surface area contributed by atoms with Crippen LogP contribution in [0.1, 0.15) is 77.6 Å². The molecule has 0 aromatic carbocycles. The molecule has 2 atom stereocenters. The molecule has 0 saturated heterocycles. The van der Waals surface area contributed by atoms with Crippen LogP contribution in [0.2, 0.25) is 0 Å². The highest BCUT2D eigenvalue weighted by Gasteiger charge is 2.08. The molecule has 0 aromatic heterocycles. The highest BCUT2D eigenvalue weighted by atomic mass is 16.3. The Balaban J connectivity index is 3.22. The maximum absolute atomic E-state index is 9.51. The molecule has 0 bridgehead atoms.